The molecule has 0 saturated carbocycles. The van der Waals surface area contributed by atoms with Crippen LogP contribution in [0.5, 0.6) is 5.75 Å². The Kier molecular flexibility index (Phi) is 6.70. The van der Waals surface area contributed by atoms with Gasteiger partial charge in [0.2, 0.25) is 11.8 Å². The molecule has 0 spiro atoms. The maximum atomic E-state index is 13.4. The zero-order valence-corrected chi connectivity index (χ0v) is 19.8. The average Bonchev–Trinajstić information content (AvgIpc) is 2.84. The third-order valence-corrected chi connectivity index (χ3v) is 7.10. The van der Waals surface area contributed by atoms with Gasteiger partial charge in [-0.15, -0.1) is 0 Å². The van der Waals surface area contributed by atoms with Gasteiger partial charge < -0.3 is 15.0 Å². The molecule has 0 radical (unpaired) electrons. The standard InChI is InChI=1S/C26H26N2O5S/c1-33-21-12-10-20(11-13-21)28-24(29)17-16-23(25(28)18-6-4-3-5-7-18)26(30)27-19-8-14-22(15-9-19)34(2,31)32/h3-15,23,25H,16-17H2,1-2H3,(H,27,30). The lowest BCUT2D eigenvalue weighted by molar-refractivity contribution is -0.125. The van der Waals surface area contributed by atoms with Gasteiger partial charge in [0.05, 0.1) is 24.0 Å². The molecule has 2 atom stereocenters. The maximum absolute atomic E-state index is 13.4. The largest absolute Gasteiger partial charge is 0.497 e. The summed E-state index contributed by atoms with van der Waals surface area (Å²) in [5, 5.41) is 2.90. The molecule has 8 heteroatoms. The lowest BCUT2D eigenvalue weighted by atomic mass is 9.83. The summed E-state index contributed by atoms with van der Waals surface area (Å²) in [6.45, 7) is 0. The summed E-state index contributed by atoms with van der Waals surface area (Å²) in [5.41, 5.74) is 2.05. The quantitative estimate of drug-likeness (QED) is 0.573. The second-order valence-corrected chi connectivity index (χ2v) is 10.3. The first-order valence-corrected chi connectivity index (χ1v) is 12.8. The Morgan fingerprint density at radius 1 is 0.971 bits per heavy atom. The Labute approximate surface area is 199 Å². The fourth-order valence-electron chi connectivity index (χ4n) is 4.27. The van der Waals surface area contributed by atoms with Crippen molar-refractivity contribution in [3.63, 3.8) is 0 Å². The van der Waals surface area contributed by atoms with Gasteiger partial charge in [-0.05, 0) is 60.5 Å². The van der Waals surface area contributed by atoms with Crippen molar-refractivity contribution in [1.29, 1.82) is 0 Å². The molecule has 2 unspecified atom stereocenters. The van der Waals surface area contributed by atoms with E-state index >= 15 is 0 Å². The summed E-state index contributed by atoms with van der Waals surface area (Å²) >= 11 is 0. The molecule has 3 aromatic rings. The van der Waals surface area contributed by atoms with Crippen molar-refractivity contribution in [2.24, 2.45) is 5.92 Å². The smallest absolute Gasteiger partial charge is 0.229 e. The normalized spacial score (nSPS) is 18.4. The van der Waals surface area contributed by atoms with Gasteiger partial charge in [0.25, 0.3) is 0 Å². The molecule has 1 aliphatic heterocycles. The van der Waals surface area contributed by atoms with E-state index in [0.29, 0.717) is 23.5 Å². The van der Waals surface area contributed by atoms with Gasteiger partial charge in [0, 0.05) is 24.1 Å². The maximum Gasteiger partial charge on any atom is 0.229 e. The number of carbonyl (C=O) groups excluding carboxylic acids is 2. The molecule has 34 heavy (non-hydrogen) atoms. The predicted octanol–water partition coefficient (Wildman–Crippen LogP) is 4.22. The Hall–Kier alpha value is -3.65. The van der Waals surface area contributed by atoms with Gasteiger partial charge in [-0.1, -0.05) is 30.3 Å². The summed E-state index contributed by atoms with van der Waals surface area (Å²) in [7, 11) is -1.75. The number of hydrogen-bond donors (Lipinski definition) is 1. The first-order valence-electron chi connectivity index (χ1n) is 10.9. The Balaban J connectivity index is 1.67. The van der Waals surface area contributed by atoms with Crippen LogP contribution >= 0.6 is 0 Å². The van der Waals surface area contributed by atoms with Gasteiger partial charge >= 0.3 is 0 Å². The van der Waals surface area contributed by atoms with Gasteiger partial charge in [0.1, 0.15) is 5.75 Å². The minimum Gasteiger partial charge on any atom is -0.497 e. The number of nitrogens with zero attached hydrogens (tertiary/aromatic N) is 1. The number of benzene rings is 3. The zero-order chi connectivity index (χ0) is 24.3. The number of sulfone groups is 1. The Morgan fingerprint density at radius 3 is 2.21 bits per heavy atom. The molecule has 0 bridgehead atoms. The van der Waals surface area contributed by atoms with Crippen LogP contribution in [0.1, 0.15) is 24.4 Å². The SMILES string of the molecule is COc1ccc(N2C(=O)CCC(C(=O)Nc3ccc(S(C)(=O)=O)cc3)C2c2ccccc2)cc1. The molecule has 1 fully saturated rings. The number of ether oxygens (including phenoxy) is 1. The van der Waals surface area contributed by atoms with Gasteiger partial charge in [0.15, 0.2) is 9.84 Å². The molecule has 7 nitrogen and oxygen atoms in total. The number of carbonyl (C=O) groups is 2. The summed E-state index contributed by atoms with van der Waals surface area (Å²) in [4.78, 5) is 28.4. The van der Waals surface area contributed by atoms with Crippen LogP contribution in [0.4, 0.5) is 11.4 Å². The van der Waals surface area contributed by atoms with Crippen molar-refractivity contribution < 1.29 is 22.7 Å². The van der Waals surface area contributed by atoms with Crippen LogP contribution in [-0.2, 0) is 19.4 Å². The summed E-state index contributed by atoms with van der Waals surface area (Å²) in [6.07, 6.45) is 1.77. The van der Waals surface area contributed by atoms with E-state index in [1.807, 2.05) is 42.5 Å². The number of piperidine rings is 1. The van der Waals surface area contributed by atoms with E-state index in [9.17, 15) is 18.0 Å². The number of nitrogens with one attached hydrogen (secondary N) is 1. The van der Waals surface area contributed by atoms with Gasteiger partial charge in [-0.3, -0.25) is 9.59 Å². The first-order chi connectivity index (χ1) is 16.3. The average molecular weight is 479 g/mol. The number of anilines is 2. The molecule has 4 rings (SSSR count). The first kappa shape index (κ1) is 23.5. The molecule has 1 aliphatic rings. The van der Waals surface area contributed by atoms with Gasteiger partial charge in [-0.2, -0.15) is 0 Å². The Bertz CT molecular complexity index is 1270. The van der Waals surface area contributed by atoms with Crippen molar-refractivity contribution in [3.8, 4) is 5.75 Å². The molecular weight excluding hydrogens is 452 g/mol. The van der Waals surface area contributed by atoms with E-state index in [1.54, 1.807) is 36.3 Å². The van der Waals surface area contributed by atoms with E-state index in [2.05, 4.69) is 5.32 Å². The number of rotatable bonds is 6. The van der Waals surface area contributed by atoms with Crippen molar-refractivity contribution in [3.05, 3.63) is 84.4 Å². The van der Waals surface area contributed by atoms with Crippen LogP contribution in [0.3, 0.4) is 0 Å². The third kappa shape index (κ3) is 4.97. The number of amides is 2. The third-order valence-electron chi connectivity index (χ3n) is 5.98. The highest BCUT2D eigenvalue weighted by Crippen LogP contribution is 2.40. The van der Waals surface area contributed by atoms with Crippen molar-refractivity contribution in [2.45, 2.75) is 23.8 Å². The molecule has 1 N–H and O–H groups in total. The number of hydrogen-bond acceptors (Lipinski definition) is 5. The van der Waals surface area contributed by atoms with Crippen LogP contribution in [0, 0.1) is 5.92 Å². The number of methoxy groups -OCH3 is 1. The van der Waals surface area contributed by atoms with Crippen LogP contribution in [0.15, 0.2) is 83.8 Å². The Morgan fingerprint density at radius 2 is 1.62 bits per heavy atom. The van der Waals surface area contributed by atoms with Crippen LogP contribution in [0.25, 0.3) is 0 Å². The highest BCUT2D eigenvalue weighted by molar-refractivity contribution is 7.90. The summed E-state index contributed by atoms with van der Waals surface area (Å²) < 4.78 is 28.7. The van der Waals surface area contributed by atoms with Crippen LogP contribution in [0.2, 0.25) is 0 Å². The topological polar surface area (TPSA) is 92.8 Å². The van der Waals surface area contributed by atoms with E-state index in [0.717, 1.165) is 11.8 Å². The second kappa shape index (κ2) is 9.69. The van der Waals surface area contributed by atoms with Crippen molar-refractivity contribution >= 4 is 33.0 Å². The molecular formula is C26H26N2O5S. The van der Waals surface area contributed by atoms with Crippen molar-refractivity contribution in [1.82, 2.24) is 0 Å². The lowest BCUT2D eigenvalue weighted by Crippen LogP contribution is -2.46. The van der Waals surface area contributed by atoms with E-state index in [4.69, 9.17) is 4.74 Å². The molecule has 0 aromatic heterocycles. The second-order valence-electron chi connectivity index (χ2n) is 8.25. The summed E-state index contributed by atoms with van der Waals surface area (Å²) in [6, 6.07) is 22.3. The van der Waals surface area contributed by atoms with E-state index < -0.39 is 21.8 Å². The molecule has 176 valence electrons. The molecule has 0 aliphatic carbocycles. The van der Waals surface area contributed by atoms with E-state index in [-0.39, 0.29) is 23.1 Å². The predicted molar refractivity (Wildman–Crippen MR) is 131 cm³/mol. The lowest BCUT2D eigenvalue weighted by Gasteiger charge is -2.41. The van der Waals surface area contributed by atoms with E-state index in [1.165, 1.54) is 12.1 Å². The zero-order valence-electron chi connectivity index (χ0n) is 19.0. The highest BCUT2D eigenvalue weighted by atomic mass is 32.2. The molecule has 2 amide bonds. The molecule has 1 heterocycles. The minimum atomic E-state index is -3.33. The van der Waals surface area contributed by atoms with Crippen LogP contribution < -0.4 is 15.0 Å². The minimum absolute atomic E-state index is 0.0550. The molecule has 3 aromatic carbocycles. The van der Waals surface area contributed by atoms with Crippen LogP contribution in [-0.4, -0.2) is 33.6 Å². The van der Waals surface area contributed by atoms with Crippen molar-refractivity contribution in [2.75, 3.05) is 23.6 Å². The fourth-order valence-corrected chi connectivity index (χ4v) is 4.90. The van der Waals surface area contributed by atoms with Gasteiger partial charge in [-0.25, -0.2) is 8.42 Å². The fraction of sp³-hybridized carbons (Fsp3) is 0.231. The monoisotopic (exact) mass is 478 g/mol. The highest BCUT2D eigenvalue weighted by Gasteiger charge is 2.41. The summed E-state index contributed by atoms with van der Waals surface area (Å²) in [5.74, 6) is -0.111. The molecule has 1 saturated heterocycles.